The normalized spacial score (nSPS) is 14.4. The molecule has 98 valence electrons. The number of rotatable bonds is 5. The van der Waals surface area contributed by atoms with Crippen LogP contribution in [0.4, 0.5) is 0 Å². The Balaban J connectivity index is 2.60. The highest BCUT2D eigenvalue weighted by molar-refractivity contribution is 9.11. The molecule has 18 heavy (non-hydrogen) atoms. The van der Waals surface area contributed by atoms with E-state index in [4.69, 9.17) is 5.11 Å². The molecular formula is C11H12BrNO4S. The fraction of sp³-hybridized carbons (Fsp3) is 0.273. The van der Waals surface area contributed by atoms with E-state index in [1.807, 2.05) is 12.1 Å². The Morgan fingerprint density at radius 3 is 2.61 bits per heavy atom. The number of carboxylic acid groups (broad SMARTS) is 1. The Labute approximate surface area is 116 Å². The van der Waals surface area contributed by atoms with E-state index in [-0.39, 0.29) is 0 Å². The first-order chi connectivity index (χ1) is 8.40. The summed E-state index contributed by atoms with van der Waals surface area (Å²) in [6, 6.07) is 2.36. The minimum atomic E-state index is -1.31. The Hall–Kier alpha value is -1.18. The van der Waals surface area contributed by atoms with E-state index >= 15 is 0 Å². The Bertz CT molecular complexity index is 469. The number of aliphatic hydroxyl groups excluding tert-OH is 1. The van der Waals surface area contributed by atoms with E-state index in [1.165, 1.54) is 24.3 Å². The van der Waals surface area contributed by atoms with Crippen molar-refractivity contribution < 1.29 is 19.8 Å². The molecule has 0 saturated heterocycles. The third kappa shape index (κ3) is 4.59. The molecule has 2 atom stereocenters. The highest BCUT2D eigenvalue weighted by Gasteiger charge is 2.23. The number of hydrogen-bond acceptors (Lipinski definition) is 4. The second kappa shape index (κ2) is 6.67. The monoisotopic (exact) mass is 333 g/mol. The third-order valence-corrected chi connectivity index (χ3v) is 3.63. The largest absolute Gasteiger partial charge is 0.480 e. The van der Waals surface area contributed by atoms with Crippen LogP contribution in [0, 0.1) is 0 Å². The summed E-state index contributed by atoms with van der Waals surface area (Å²) in [5.41, 5.74) is 0. The molecular weight excluding hydrogens is 322 g/mol. The molecule has 1 aromatic rings. The van der Waals surface area contributed by atoms with Gasteiger partial charge >= 0.3 is 5.97 Å². The summed E-state index contributed by atoms with van der Waals surface area (Å²) in [7, 11) is 0. The predicted molar refractivity (Wildman–Crippen MR) is 72.3 cm³/mol. The molecule has 0 fully saturated rings. The summed E-state index contributed by atoms with van der Waals surface area (Å²) in [4.78, 5) is 23.1. The van der Waals surface area contributed by atoms with Crippen LogP contribution in [0.5, 0.6) is 0 Å². The van der Waals surface area contributed by atoms with Crippen LogP contribution in [0.15, 0.2) is 22.0 Å². The molecule has 0 aliphatic heterocycles. The fourth-order valence-electron chi connectivity index (χ4n) is 1.17. The number of carbonyl (C=O) groups excluding carboxylic acids is 1. The van der Waals surface area contributed by atoms with Crippen LogP contribution in [-0.2, 0) is 9.59 Å². The molecule has 1 heterocycles. The minimum Gasteiger partial charge on any atom is -0.480 e. The zero-order chi connectivity index (χ0) is 13.7. The second-order valence-electron chi connectivity index (χ2n) is 3.54. The topological polar surface area (TPSA) is 86.6 Å². The number of aliphatic hydroxyl groups is 1. The van der Waals surface area contributed by atoms with Gasteiger partial charge in [-0.1, -0.05) is 0 Å². The maximum absolute atomic E-state index is 11.5. The standard InChI is InChI=1S/C11H12BrNO4S/c1-6(14)10(11(16)17)13-9(15)5-3-7-2-4-8(12)18-7/h2-6,10,14H,1H3,(H,13,15)(H,16,17)/b5-3+. The van der Waals surface area contributed by atoms with E-state index in [0.29, 0.717) is 0 Å². The summed E-state index contributed by atoms with van der Waals surface area (Å²) in [5.74, 6) is -1.83. The number of thiophene rings is 1. The zero-order valence-corrected chi connectivity index (χ0v) is 11.9. The van der Waals surface area contributed by atoms with Crippen molar-refractivity contribution in [3.8, 4) is 0 Å². The Morgan fingerprint density at radius 1 is 1.50 bits per heavy atom. The Kier molecular flexibility index (Phi) is 5.52. The average Bonchev–Trinajstić information content (AvgIpc) is 2.68. The summed E-state index contributed by atoms with van der Waals surface area (Å²) < 4.78 is 0.940. The van der Waals surface area contributed by atoms with Crippen molar-refractivity contribution in [3.63, 3.8) is 0 Å². The van der Waals surface area contributed by atoms with Crippen LogP contribution in [0.1, 0.15) is 11.8 Å². The van der Waals surface area contributed by atoms with Crippen LogP contribution in [0.2, 0.25) is 0 Å². The van der Waals surface area contributed by atoms with Gasteiger partial charge in [-0.15, -0.1) is 11.3 Å². The lowest BCUT2D eigenvalue weighted by Gasteiger charge is -2.15. The van der Waals surface area contributed by atoms with Crippen molar-refractivity contribution in [2.75, 3.05) is 0 Å². The summed E-state index contributed by atoms with van der Waals surface area (Å²) in [6.45, 7) is 1.30. The number of carboxylic acids is 1. The number of halogens is 1. The molecule has 1 rings (SSSR count). The maximum Gasteiger partial charge on any atom is 0.328 e. The van der Waals surface area contributed by atoms with Crippen LogP contribution < -0.4 is 5.32 Å². The van der Waals surface area contributed by atoms with Gasteiger partial charge in [0.2, 0.25) is 5.91 Å². The number of carbonyl (C=O) groups is 2. The highest BCUT2D eigenvalue weighted by atomic mass is 79.9. The molecule has 2 unspecified atom stereocenters. The average molecular weight is 334 g/mol. The quantitative estimate of drug-likeness (QED) is 0.712. The first kappa shape index (κ1) is 14.9. The van der Waals surface area contributed by atoms with Crippen molar-refractivity contribution in [1.82, 2.24) is 5.32 Å². The van der Waals surface area contributed by atoms with E-state index in [2.05, 4.69) is 21.2 Å². The van der Waals surface area contributed by atoms with E-state index in [1.54, 1.807) is 6.08 Å². The van der Waals surface area contributed by atoms with Crippen molar-refractivity contribution in [2.24, 2.45) is 0 Å². The van der Waals surface area contributed by atoms with Gasteiger partial charge in [0.25, 0.3) is 0 Å². The molecule has 0 aliphatic carbocycles. The SMILES string of the molecule is CC(O)C(NC(=O)/C=C/c1ccc(Br)s1)C(=O)O. The van der Waals surface area contributed by atoms with Gasteiger partial charge < -0.3 is 15.5 Å². The van der Waals surface area contributed by atoms with Gasteiger partial charge in [0.15, 0.2) is 6.04 Å². The molecule has 7 heteroatoms. The molecule has 3 N–H and O–H groups in total. The van der Waals surface area contributed by atoms with Crippen LogP contribution in [0.3, 0.4) is 0 Å². The Morgan fingerprint density at radius 2 is 2.17 bits per heavy atom. The summed E-state index contributed by atoms with van der Waals surface area (Å²) in [5, 5.41) is 20.2. The third-order valence-electron chi connectivity index (χ3n) is 2.04. The maximum atomic E-state index is 11.5. The van der Waals surface area contributed by atoms with Gasteiger partial charge in [0.1, 0.15) is 0 Å². The van der Waals surface area contributed by atoms with Crippen LogP contribution >= 0.6 is 27.3 Å². The molecule has 0 radical (unpaired) electrons. The van der Waals surface area contributed by atoms with Crippen molar-refractivity contribution in [2.45, 2.75) is 19.1 Å². The fourth-order valence-corrected chi connectivity index (χ4v) is 2.49. The minimum absolute atomic E-state index is 0.562. The lowest BCUT2D eigenvalue weighted by molar-refractivity contribution is -0.144. The van der Waals surface area contributed by atoms with Crippen molar-refractivity contribution in [3.05, 3.63) is 26.9 Å². The van der Waals surface area contributed by atoms with Gasteiger partial charge in [0, 0.05) is 11.0 Å². The van der Waals surface area contributed by atoms with E-state index in [0.717, 1.165) is 8.66 Å². The van der Waals surface area contributed by atoms with Gasteiger partial charge in [0.05, 0.1) is 9.89 Å². The smallest absolute Gasteiger partial charge is 0.328 e. The predicted octanol–water partition coefficient (Wildman–Crippen LogP) is 1.47. The lowest BCUT2D eigenvalue weighted by atomic mass is 10.2. The van der Waals surface area contributed by atoms with Gasteiger partial charge in [-0.2, -0.15) is 0 Å². The second-order valence-corrected chi connectivity index (χ2v) is 6.03. The number of hydrogen-bond donors (Lipinski definition) is 3. The van der Waals surface area contributed by atoms with Gasteiger partial charge in [-0.25, -0.2) is 4.79 Å². The summed E-state index contributed by atoms with van der Waals surface area (Å²) >= 11 is 4.74. The molecule has 1 aromatic heterocycles. The summed E-state index contributed by atoms with van der Waals surface area (Å²) in [6.07, 6.45) is 1.65. The molecule has 1 amide bonds. The van der Waals surface area contributed by atoms with Gasteiger partial charge in [-0.3, -0.25) is 4.79 Å². The van der Waals surface area contributed by atoms with E-state index in [9.17, 15) is 14.7 Å². The molecule has 0 saturated carbocycles. The number of nitrogens with one attached hydrogen (secondary N) is 1. The first-order valence-corrected chi connectivity index (χ1v) is 6.66. The van der Waals surface area contributed by atoms with Crippen LogP contribution in [-0.4, -0.2) is 34.2 Å². The van der Waals surface area contributed by atoms with Gasteiger partial charge in [-0.05, 0) is 41.1 Å². The zero-order valence-electron chi connectivity index (χ0n) is 9.46. The number of amides is 1. The molecule has 5 nitrogen and oxygen atoms in total. The molecule has 0 spiro atoms. The van der Waals surface area contributed by atoms with Crippen LogP contribution in [0.25, 0.3) is 6.08 Å². The molecule has 0 aromatic carbocycles. The van der Waals surface area contributed by atoms with Crippen molar-refractivity contribution >= 4 is 45.2 Å². The lowest BCUT2D eigenvalue weighted by Crippen LogP contribution is -2.47. The van der Waals surface area contributed by atoms with E-state index < -0.39 is 24.0 Å². The highest BCUT2D eigenvalue weighted by Crippen LogP contribution is 2.22. The molecule has 0 bridgehead atoms. The molecule has 0 aliphatic rings. The van der Waals surface area contributed by atoms with Crippen molar-refractivity contribution in [1.29, 1.82) is 0 Å². The number of aliphatic carboxylic acids is 1. The first-order valence-electron chi connectivity index (χ1n) is 5.05.